The third-order valence-corrected chi connectivity index (χ3v) is 8.35. The highest BCUT2D eigenvalue weighted by Gasteiger charge is 2.30. The Balaban J connectivity index is 1.34. The van der Waals surface area contributed by atoms with Crippen molar-refractivity contribution < 1.29 is 18.0 Å². The number of aryl methyl sites for hydroxylation is 1. The number of aromatic nitrogens is 1. The molecular weight excluding hydrogens is 434 g/mol. The maximum absolute atomic E-state index is 12.9. The lowest BCUT2D eigenvalue weighted by Crippen LogP contribution is -2.50. The number of fused-ring (bicyclic) bond motifs is 1. The number of benzene rings is 2. The number of Topliss-reactive ketones (excluding diaryl/α,β-unsaturated/α-hetero) is 1. The van der Waals surface area contributed by atoms with Crippen LogP contribution in [0, 0.1) is 0 Å². The fourth-order valence-corrected chi connectivity index (χ4v) is 6.04. The molecule has 1 aliphatic heterocycles. The summed E-state index contributed by atoms with van der Waals surface area (Å²) in [5.74, 6) is -0.171. The van der Waals surface area contributed by atoms with Crippen molar-refractivity contribution >= 4 is 43.3 Å². The van der Waals surface area contributed by atoms with Crippen molar-refractivity contribution in [3.63, 3.8) is 0 Å². The molecule has 0 saturated carbocycles. The summed E-state index contributed by atoms with van der Waals surface area (Å²) in [5, 5.41) is 0.932. The van der Waals surface area contributed by atoms with E-state index < -0.39 is 10.0 Å². The molecule has 0 unspecified atom stereocenters. The van der Waals surface area contributed by atoms with Crippen molar-refractivity contribution in [1.29, 1.82) is 0 Å². The number of hydrogen-bond donors (Lipinski definition) is 0. The van der Waals surface area contributed by atoms with E-state index in [1.54, 1.807) is 28.4 Å². The quantitative estimate of drug-likeness (QED) is 0.531. The van der Waals surface area contributed by atoms with E-state index in [9.17, 15) is 18.0 Å². The van der Waals surface area contributed by atoms with Gasteiger partial charge in [-0.3, -0.25) is 9.59 Å². The summed E-state index contributed by atoms with van der Waals surface area (Å²) in [4.78, 5) is 30.6. The zero-order chi connectivity index (χ0) is 22.0. The van der Waals surface area contributed by atoms with Gasteiger partial charge in [-0.05, 0) is 31.2 Å². The SMILES string of the molecule is CC(=O)c1cccc(S(=O)(=O)N2CCN(C(=O)CCc3nc4ccccc4s3)CC2)c1. The van der Waals surface area contributed by atoms with Gasteiger partial charge in [0.15, 0.2) is 5.78 Å². The normalized spacial score (nSPS) is 15.3. The number of piperazine rings is 1. The van der Waals surface area contributed by atoms with Gasteiger partial charge in [0, 0.05) is 44.6 Å². The molecule has 2 heterocycles. The van der Waals surface area contributed by atoms with Crippen LogP contribution in [-0.2, 0) is 21.2 Å². The third kappa shape index (κ3) is 4.68. The second-order valence-corrected chi connectivity index (χ2v) is 10.5. The Morgan fingerprint density at radius 3 is 2.48 bits per heavy atom. The number of sulfonamides is 1. The van der Waals surface area contributed by atoms with Crippen molar-refractivity contribution in [2.24, 2.45) is 0 Å². The fourth-order valence-electron chi connectivity index (χ4n) is 3.60. The number of rotatable bonds is 6. The van der Waals surface area contributed by atoms with E-state index in [0.717, 1.165) is 15.2 Å². The molecule has 1 aromatic heterocycles. The van der Waals surface area contributed by atoms with Crippen LogP contribution in [0.15, 0.2) is 53.4 Å². The third-order valence-electron chi connectivity index (χ3n) is 5.36. The predicted molar refractivity (Wildman–Crippen MR) is 120 cm³/mol. The number of carbonyl (C=O) groups excluding carboxylic acids is 2. The molecule has 0 spiro atoms. The number of nitrogens with zero attached hydrogens (tertiary/aromatic N) is 3. The summed E-state index contributed by atoms with van der Waals surface area (Å²) < 4.78 is 28.4. The molecule has 1 fully saturated rings. The molecule has 9 heteroatoms. The van der Waals surface area contributed by atoms with Crippen LogP contribution in [0.4, 0.5) is 0 Å². The van der Waals surface area contributed by atoms with Crippen LogP contribution in [0.2, 0.25) is 0 Å². The summed E-state index contributed by atoms with van der Waals surface area (Å²) in [6, 6.07) is 14.0. The van der Waals surface area contributed by atoms with E-state index in [1.807, 2.05) is 24.3 Å². The first-order valence-corrected chi connectivity index (χ1v) is 12.3. The van der Waals surface area contributed by atoms with Crippen LogP contribution in [0.1, 0.15) is 28.7 Å². The van der Waals surface area contributed by atoms with Crippen molar-refractivity contribution in [3.8, 4) is 0 Å². The lowest BCUT2D eigenvalue weighted by atomic mass is 10.2. The molecule has 0 aliphatic carbocycles. The minimum Gasteiger partial charge on any atom is -0.340 e. The summed E-state index contributed by atoms with van der Waals surface area (Å²) in [6.07, 6.45) is 0.932. The van der Waals surface area contributed by atoms with E-state index in [1.165, 1.54) is 23.4 Å². The molecule has 0 atom stereocenters. The Labute approximate surface area is 185 Å². The Morgan fingerprint density at radius 2 is 1.77 bits per heavy atom. The van der Waals surface area contributed by atoms with Crippen LogP contribution >= 0.6 is 11.3 Å². The second-order valence-electron chi connectivity index (χ2n) is 7.44. The standard InChI is InChI=1S/C22H23N3O4S2/c1-16(26)17-5-4-6-18(15-17)31(28,29)25-13-11-24(12-14-25)22(27)10-9-21-23-19-7-2-3-8-20(19)30-21/h2-8,15H,9-14H2,1H3. The summed E-state index contributed by atoms with van der Waals surface area (Å²) in [7, 11) is -3.70. The minimum atomic E-state index is -3.70. The highest BCUT2D eigenvalue weighted by molar-refractivity contribution is 7.89. The monoisotopic (exact) mass is 457 g/mol. The molecular formula is C22H23N3O4S2. The average Bonchev–Trinajstić information content (AvgIpc) is 3.20. The number of carbonyl (C=O) groups is 2. The van der Waals surface area contributed by atoms with Crippen LogP contribution in [-0.4, -0.2) is 60.5 Å². The van der Waals surface area contributed by atoms with Crippen molar-refractivity contribution in [3.05, 3.63) is 59.1 Å². The van der Waals surface area contributed by atoms with Gasteiger partial charge in [-0.2, -0.15) is 4.31 Å². The molecule has 0 N–H and O–H groups in total. The molecule has 1 saturated heterocycles. The summed E-state index contributed by atoms with van der Waals surface area (Å²) in [5.41, 5.74) is 1.31. The van der Waals surface area contributed by atoms with Gasteiger partial charge < -0.3 is 4.90 Å². The first kappa shape index (κ1) is 21.6. The molecule has 1 aliphatic rings. The smallest absolute Gasteiger partial charge is 0.243 e. The van der Waals surface area contributed by atoms with Gasteiger partial charge in [0.2, 0.25) is 15.9 Å². The maximum Gasteiger partial charge on any atom is 0.243 e. The van der Waals surface area contributed by atoms with Crippen molar-refractivity contribution in [2.45, 2.75) is 24.7 Å². The van der Waals surface area contributed by atoms with Gasteiger partial charge in [-0.1, -0.05) is 24.3 Å². The van der Waals surface area contributed by atoms with Crippen LogP contribution < -0.4 is 0 Å². The van der Waals surface area contributed by atoms with Crippen molar-refractivity contribution in [2.75, 3.05) is 26.2 Å². The Hall–Kier alpha value is -2.62. The zero-order valence-electron chi connectivity index (χ0n) is 17.2. The van der Waals surface area contributed by atoms with E-state index >= 15 is 0 Å². The van der Waals surface area contributed by atoms with E-state index in [2.05, 4.69) is 4.98 Å². The fraction of sp³-hybridized carbons (Fsp3) is 0.318. The van der Waals surface area contributed by atoms with Gasteiger partial charge in [0.25, 0.3) is 0 Å². The maximum atomic E-state index is 12.9. The number of ketones is 1. The molecule has 1 amide bonds. The molecule has 31 heavy (non-hydrogen) atoms. The van der Waals surface area contributed by atoms with Crippen LogP contribution in [0.3, 0.4) is 0 Å². The van der Waals surface area contributed by atoms with Gasteiger partial charge in [0.05, 0.1) is 20.1 Å². The van der Waals surface area contributed by atoms with Crippen LogP contribution in [0.5, 0.6) is 0 Å². The average molecular weight is 458 g/mol. The molecule has 0 radical (unpaired) electrons. The molecule has 2 aromatic carbocycles. The van der Waals surface area contributed by atoms with E-state index in [4.69, 9.17) is 0 Å². The molecule has 162 valence electrons. The first-order valence-electron chi connectivity index (χ1n) is 10.1. The predicted octanol–water partition coefficient (Wildman–Crippen LogP) is 2.96. The number of amides is 1. The molecule has 4 rings (SSSR count). The van der Waals surface area contributed by atoms with Gasteiger partial charge in [-0.25, -0.2) is 13.4 Å². The Morgan fingerprint density at radius 1 is 1.03 bits per heavy atom. The lowest BCUT2D eigenvalue weighted by molar-refractivity contribution is -0.132. The zero-order valence-corrected chi connectivity index (χ0v) is 18.8. The van der Waals surface area contributed by atoms with Crippen molar-refractivity contribution in [1.82, 2.24) is 14.2 Å². The lowest BCUT2D eigenvalue weighted by Gasteiger charge is -2.34. The minimum absolute atomic E-state index is 0.00915. The second kappa shape index (κ2) is 8.86. The first-order chi connectivity index (χ1) is 14.8. The highest BCUT2D eigenvalue weighted by Crippen LogP contribution is 2.23. The number of para-hydroxylation sites is 1. The molecule has 0 bridgehead atoms. The summed E-state index contributed by atoms with van der Waals surface area (Å²) in [6.45, 7) is 2.58. The number of thiazole rings is 1. The Bertz CT molecular complexity index is 1200. The summed E-state index contributed by atoms with van der Waals surface area (Å²) >= 11 is 1.60. The van der Waals surface area contributed by atoms with Gasteiger partial charge >= 0.3 is 0 Å². The topological polar surface area (TPSA) is 87.7 Å². The van der Waals surface area contributed by atoms with E-state index in [-0.39, 0.29) is 29.7 Å². The highest BCUT2D eigenvalue weighted by atomic mass is 32.2. The number of hydrogen-bond acceptors (Lipinski definition) is 6. The Kier molecular flexibility index (Phi) is 6.17. The molecule has 3 aromatic rings. The largest absolute Gasteiger partial charge is 0.340 e. The van der Waals surface area contributed by atoms with Crippen LogP contribution in [0.25, 0.3) is 10.2 Å². The molecule has 7 nitrogen and oxygen atoms in total. The van der Waals surface area contributed by atoms with E-state index in [0.29, 0.717) is 31.5 Å². The van der Waals surface area contributed by atoms with Gasteiger partial charge in [0.1, 0.15) is 0 Å². The van der Waals surface area contributed by atoms with Gasteiger partial charge in [-0.15, -0.1) is 11.3 Å².